The first-order valence-electron chi connectivity index (χ1n) is 8.09. The molecule has 1 saturated heterocycles. The average Bonchev–Trinajstić information content (AvgIpc) is 2.70. The van der Waals surface area contributed by atoms with Gasteiger partial charge in [-0.3, -0.25) is 4.79 Å². The first-order chi connectivity index (χ1) is 10.3. The summed E-state index contributed by atoms with van der Waals surface area (Å²) < 4.78 is 0. The predicted molar refractivity (Wildman–Crippen MR) is 92.6 cm³/mol. The number of anilines is 1. The highest BCUT2D eigenvalue weighted by Gasteiger charge is 2.25. The Morgan fingerprint density at radius 3 is 2.91 bits per heavy atom. The largest absolute Gasteiger partial charge is 0.361 e. The number of nitrogens with zero attached hydrogens (tertiary/aromatic N) is 2. The number of benzene rings is 1. The first kappa shape index (κ1) is 17.1. The van der Waals surface area contributed by atoms with Gasteiger partial charge < -0.3 is 15.1 Å². The highest BCUT2D eigenvalue weighted by atomic mass is 35.5. The van der Waals surface area contributed by atoms with E-state index in [9.17, 15) is 4.79 Å². The summed E-state index contributed by atoms with van der Waals surface area (Å²) in [4.78, 5) is 17.0. The number of hydrogen-bond acceptors (Lipinski definition) is 3. The van der Waals surface area contributed by atoms with Crippen LogP contribution in [0, 0.1) is 0 Å². The third-order valence-electron chi connectivity index (χ3n) is 4.66. The van der Waals surface area contributed by atoms with Crippen molar-refractivity contribution in [2.75, 3.05) is 31.1 Å². The average molecular weight is 324 g/mol. The highest BCUT2D eigenvalue weighted by Crippen LogP contribution is 2.23. The summed E-state index contributed by atoms with van der Waals surface area (Å²) in [5.74, 6) is 0.277. The normalized spacial score (nSPS) is 21.6. The van der Waals surface area contributed by atoms with Crippen molar-refractivity contribution in [3.05, 3.63) is 29.8 Å². The molecule has 1 unspecified atom stereocenters. The molecule has 3 rings (SSSR count). The molecule has 4 nitrogen and oxygen atoms in total. The number of hydrogen-bond donors (Lipinski definition) is 1. The second-order valence-electron chi connectivity index (χ2n) is 6.16. The maximum absolute atomic E-state index is 12.7. The van der Waals surface area contributed by atoms with E-state index in [4.69, 9.17) is 0 Å². The van der Waals surface area contributed by atoms with Crippen LogP contribution in [-0.2, 0) is 11.3 Å². The summed E-state index contributed by atoms with van der Waals surface area (Å²) in [6.07, 6.45) is 3.54. The van der Waals surface area contributed by atoms with Gasteiger partial charge in [-0.1, -0.05) is 18.2 Å². The second kappa shape index (κ2) is 7.84. The minimum absolute atomic E-state index is 0. The van der Waals surface area contributed by atoms with Gasteiger partial charge >= 0.3 is 0 Å². The van der Waals surface area contributed by atoms with Crippen molar-refractivity contribution in [3.8, 4) is 0 Å². The van der Waals surface area contributed by atoms with Crippen molar-refractivity contribution < 1.29 is 4.79 Å². The van der Waals surface area contributed by atoms with E-state index in [-0.39, 0.29) is 18.3 Å². The molecular weight excluding hydrogens is 298 g/mol. The smallest absolute Gasteiger partial charge is 0.242 e. The fraction of sp³-hybridized carbons (Fsp3) is 0.588. The van der Waals surface area contributed by atoms with E-state index in [2.05, 4.69) is 46.3 Å². The Balaban J connectivity index is 0.00000176. The Bertz CT molecular complexity index is 508. The molecule has 5 heteroatoms. The molecule has 0 aliphatic carbocycles. The van der Waals surface area contributed by atoms with Crippen LogP contribution in [0.25, 0.3) is 0 Å². The maximum Gasteiger partial charge on any atom is 0.242 e. The van der Waals surface area contributed by atoms with E-state index in [1.54, 1.807) is 0 Å². The quantitative estimate of drug-likeness (QED) is 0.908. The lowest BCUT2D eigenvalue weighted by atomic mass is 10.0. The van der Waals surface area contributed by atoms with E-state index in [0.29, 0.717) is 12.6 Å². The van der Waals surface area contributed by atoms with Gasteiger partial charge in [0.2, 0.25) is 5.91 Å². The van der Waals surface area contributed by atoms with E-state index in [1.165, 1.54) is 17.7 Å². The number of nitrogens with one attached hydrogen (secondary N) is 1. The van der Waals surface area contributed by atoms with E-state index in [1.807, 2.05) is 0 Å². The zero-order chi connectivity index (χ0) is 14.7. The predicted octanol–water partition coefficient (Wildman–Crippen LogP) is 2.42. The van der Waals surface area contributed by atoms with Gasteiger partial charge in [-0.05, 0) is 37.8 Å². The van der Waals surface area contributed by atoms with Gasteiger partial charge in [0.05, 0.1) is 6.54 Å². The SMILES string of the molecule is CC1CCCCN1C(=O)CN1CCNCc2ccccc21.Cl. The number of carbonyl (C=O) groups is 1. The standard InChI is InChI=1S/C17H25N3O.ClH/c1-14-6-4-5-10-20(14)17(21)13-19-11-9-18-12-15-7-2-3-8-16(15)19;/h2-3,7-8,14,18H,4-6,9-13H2,1H3;1H. The van der Waals surface area contributed by atoms with Crippen LogP contribution in [0.5, 0.6) is 0 Å². The Kier molecular flexibility index (Phi) is 6.09. The lowest BCUT2D eigenvalue weighted by Crippen LogP contribution is -2.47. The Labute approximate surface area is 139 Å². The first-order valence-corrected chi connectivity index (χ1v) is 8.09. The summed E-state index contributed by atoms with van der Waals surface area (Å²) in [5.41, 5.74) is 2.50. The molecule has 0 bridgehead atoms. The molecule has 1 amide bonds. The molecule has 122 valence electrons. The zero-order valence-electron chi connectivity index (χ0n) is 13.3. The van der Waals surface area contributed by atoms with Crippen molar-refractivity contribution in [2.45, 2.75) is 38.8 Å². The van der Waals surface area contributed by atoms with Crippen molar-refractivity contribution in [1.29, 1.82) is 0 Å². The fourth-order valence-corrected chi connectivity index (χ4v) is 3.41. The van der Waals surface area contributed by atoms with Crippen LogP contribution in [-0.4, -0.2) is 43.0 Å². The Morgan fingerprint density at radius 2 is 2.09 bits per heavy atom. The van der Waals surface area contributed by atoms with E-state index >= 15 is 0 Å². The molecule has 1 atom stereocenters. The highest BCUT2D eigenvalue weighted by molar-refractivity contribution is 5.85. The van der Waals surface area contributed by atoms with Crippen LogP contribution in [0.2, 0.25) is 0 Å². The number of likely N-dealkylation sites (tertiary alicyclic amines) is 1. The molecule has 0 saturated carbocycles. The molecule has 0 aromatic heterocycles. The number of amides is 1. The number of fused-ring (bicyclic) bond motifs is 1. The van der Waals surface area contributed by atoms with Crippen molar-refractivity contribution in [2.24, 2.45) is 0 Å². The van der Waals surface area contributed by atoms with E-state index in [0.717, 1.165) is 39.0 Å². The molecule has 1 aromatic rings. The summed E-state index contributed by atoms with van der Waals surface area (Å²) in [5, 5.41) is 3.43. The van der Waals surface area contributed by atoms with Gasteiger partial charge in [-0.15, -0.1) is 12.4 Å². The Hall–Kier alpha value is -1.26. The molecule has 2 aliphatic rings. The van der Waals surface area contributed by atoms with Crippen molar-refractivity contribution in [3.63, 3.8) is 0 Å². The van der Waals surface area contributed by atoms with Gasteiger partial charge in [-0.25, -0.2) is 0 Å². The van der Waals surface area contributed by atoms with Crippen LogP contribution < -0.4 is 10.2 Å². The van der Waals surface area contributed by atoms with Crippen LogP contribution in [0.1, 0.15) is 31.7 Å². The van der Waals surface area contributed by atoms with Crippen LogP contribution in [0.3, 0.4) is 0 Å². The van der Waals surface area contributed by atoms with Gasteiger partial charge in [0, 0.05) is 37.9 Å². The molecule has 2 aliphatic heterocycles. The summed E-state index contributed by atoms with van der Waals surface area (Å²) in [7, 11) is 0. The fourth-order valence-electron chi connectivity index (χ4n) is 3.41. The van der Waals surface area contributed by atoms with Gasteiger partial charge in [0.1, 0.15) is 0 Å². The minimum Gasteiger partial charge on any atom is -0.361 e. The molecule has 1 aromatic carbocycles. The van der Waals surface area contributed by atoms with Crippen molar-refractivity contribution >= 4 is 24.0 Å². The molecule has 0 spiro atoms. The molecule has 22 heavy (non-hydrogen) atoms. The number of carbonyl (C=O) groups excluding carboxylic acids is 1. The lowest BCUT2D eigenvalue weighted by Gasteiger charge is -2.35. The zero-order valence-corrected chi connectivity index (χ0v) is 14.1. The number of halogens is 1. The number of rotatable bonds is 2. The maximum atomic E-state index is 12.7. The summed E-state index contributed by atoms with van der Waals surface area (Å²) in [6.45, 7) is 6.31. The summed E-state index contributed by atoms with van der Waals surface area (Å²) in [6, 6.07) is 8.81. The van der Waals surface area contributed by atoms with Gasteiger partial charge in [0.15, 0.2) is 0 Å². The van der Waals surface area contributed by atoms with Gasteiger partial charge in [-0.2, -0.15) is 0 Å². The van der Waals surface area contributed by atoms with Crippen molar-refractivity contribution in [1.82, 2.24) is 10.2 Å². The van der Waals surface area contributed by atoms with Crippen LogP contribution in [0.15, 0.2) is 24.3 Å². The third kappa shape index (κ3) is 3.73. The minimum atomic E-state index is 0. The Morgan fingerprint density at radius 1 is 1.27 bits per heavy atom. The molecule has 2 heterocycles. The monoisotopic (exact) mass is 323 g/mol. The number of para-hydroxylation sites is 1. The molecule has 0 radical (unpaired) electrons. The van der Waals surface area contributed by atoms with Gasteiger partial charge in [0.25, 0.3) is 0 Å². The van der Waals surface area contributed by atoms with Crippen LogP contribution in [0.4, 0.5) is 5.69 Å². The molecular formula is C17H26ClN3O. The third-order valence-corrected chi connectivity index (χ3v) is 4.66. The van der Waals surface area contributed by atoms with Crippen LogP contribution >= 0.6 is 12.4 Å². The summed E-state index contributed by atoms with van der Waals surface area (Å²) >= 11 is 0. The topological polar surface area (TPSA) is 35.6 Å². The lowest BCUT2D eigenvalue weighted by molar-refractivity contribution is -0.132. The number of piperidine rings is 1. The second-order valence-corrected chi connectivity index (χ2v) is 6.16. The molecule has 1 fully saturated rings. The molecule has 1 N–H and O–H groups in total. The van der Waals surface area contributed by atoms with E-state index < -0.39 is 0 Å².